The zero-order chi connectivity index (χ0) is 26.7. The molecule has 37 heavy (non-hydrogen) atoms. The molecule has 3 saturated heterocycles. The van der Waals surface area contributed by atoms with Crippen LogP contribution in [-0.2, 0) is 23.9 Å². The molecule has 0 unspecified atom stereocenters. The third kappa shape index (κ3) is 3.21. The van der Waals surface area contributed by atoms with E-state index in [1.165, 1.54) is 7.11 Å². The van der Waals surface area contributed by atoms with E-state index in [2.05, 4.69) is 39.5 Å². The average molecular weight is 512 g/mol. The van der Waals surface area contributed by atoms with Gasteiger partial charge in [-0.15, -0.1) is 0 Å². The van der Waals surface area contributed by atoms with Gasteiger partial charge in [0, 0.05) is 30.3 Å². The lowest BCUT2D eigenvalue weighted by molar-refractivity contribution is -0.263. The summed E-state index contributed by atoms with van der Waals surface area (Å²) in [5.74, 6) is -0.0942. The van der Waals surface area contributed by atoms with Crippen LogP contribution in [0.15, 0.2) is 11.6 Å². The molecule has 11 atom stereocenters. The summed E-state index contributed by atoms with van der Waals surface area (Å²) in [4.78, 5) is 43.6. The Bertz CT molecular complexity index is 1080. The Labute approximate surface area is 221 Å². The van der Waals surface area contributed by atoms with Gasteiger partial charge in [0.25, 0.3) is 0 Å². The maximum atomic E-state index is 14.4. The van der Waals surface area contributed by atoms with E-state index < -0.39 is 5.41 Å². The number of Topliss-reactive ketones (excluding diaryl/α,β-unsaturated/α-hetero) is 1. The van der Waals surface area contributed by atoms with Crippen LogP contribution >= 0.6 is 0 Å². The molecule has 3 heterocycles. The molecule has 0 aromatic heterocycles. The Morgan fingerprint density at radius 2 is 1.89 bits per heavy atom. The number of carbonyl (C=O) groups excluding carboxylic acids is 3. The summed E-state index contributed by atoms with van der Waals surface area (Å²) in [5, 5.41) is 0. The number of rotatable bonds is 2. The van der Waals surface area contributed by atoms with Gasteiger partial charge in [-0.2, -0.15) is 0 Å². The molecule has 5 fully saturated rings. The van der Waals surface area contributed by atoms with Crippen molar-refractivity contribution in [1.82, 2.24) is 4.90 Å². The van der Waals surface area contributed by atoms with Crippen LogP contribution < -0.4 is 0 Å². The van der Waals surface area contributed by atoms with Crippen LogP contribution in [0.2, 0.25) is 0 Å². The summed E-state index contributed by atoms with van der Waals surface area (Å²) >= 11 is 0. The highest BCUT2D eigenvalue weighted by atomic mass is 16.5. The topological polar surface area (TPSA) is 72.9 Å². The molecule has 0 N–H and O–H groups in total. The molecule has 0 aromatic rings. The Morgan fingerprint density at radius 1 is 1.16 bits per heavy atom. The fourth-order valence-electron chi connectivity index (χ4n) is 10.9. The summed E-state index contributed by atoms with van der Waals surface area (Å²) in [5.41, 5.74) is -0.313. The first-order chi connectivity index (χ1) is 17.3. The van der Waals surface area contributed by atoms with Gasteiger partial charge in [-0.3, -0.25) is 19.3 Å². The second-order valence-electron chi connectivity index (χ2n) is 14.6. The third-order valence-electron chi connectivity index (χ3n) is 12.6. The number of nitrogens with zero attached hydrogens (tertiary/aromatic N) is 1. The largest absolute Gasteiger partial charge is 0.469 e. The number of ketones is 2. The highest BCUT2D eigenvalue weighted by Crippen LogP contribution is 2.73. The van der Waals surface area contributed by atoms with E-state index in [0.29, 0.717) is 5.92 Å². The first kappa shape index (κ1) is 25.7. The number of methoxy groups -OCH3 is 1. The number of fused-ring (bicyclic) bond motifs is 6. The van der Waals surface area contributed by atoms with Gasteiger partial charge in [0.15, 0.2) is 5.78 Å². The SMILES string of the molecule is COC(=O)C[C@@]1(C)[C@H]2C(=O)[C@H](C)[C@@H]3C(=O)C=C(C)C[C@H]3[C@]2(C)C[C@H]2N3C[C@H]4C[C@H](C)C[C@]3(CC[C@]21C)O4. The Kier molecular flexibility index (Phi) is 5.56. The normalized spacial score (nSPS) is 52.9. The van der Waals surface area contributed by atoms with Crippen molar-refractivity contribution in [3.63, 3.8) is 0 Å². The first-order valence-corrected chi connectivity index (χ1v) is 14.6. The van der Waals surface area contributed by atoms with Crippen LogP contribution in [0.25, 0.3) is 0 Å². The maximum absolute atomic E-state index is 14.4. The Morgan fingerprint density at radius 3 is 2.59 bits per heavy atom. The predicted molar refractivity (Wildman–Crippen MR) is 139 cm³/mol. The molecule has 3 aliphatic carbocycles. The van der Waals surface area contributed by atoms with Crippen molar-refractivity contribution < 1.29 is 23.9 Å². The molecular weight excluding hydrogens is 466 g/mol. The van der Waals surface area contributed by atoms with Gasteiger partial charge in [0.1, 0.15) is 11.5 Å². The zero-order valence-corrected chi connectivity index (χ0v) is 23.8. The second kappa shape index (κ2) is 8.00. The fraction of sp³-hybridized carbons (Fsp3) is 0.839. The van der Waals surface area contributed by atoms with Crippen LogP contribution in [0.5, 0.6) is 0 Å². The lowest BCUT2D eigenvalue weighted by atomic mass is 9.34. The minimum absolute atomic E-state index is 0.101. The smallest absolute Gasteiger partial charge is 0.306 e. The van der Waals surface area contributed by atoms with Crippen LogP contribution in [-0.4, -0.2) is 54.0 Å². The van der Waals surface area contributed by atoms with E-state index in [4.69, 9.17) is 9.47 Å². The average Bonchev–Trinajstić information content (AvgIpc) is 3.09. The number of piperidine rings is 1. The minimum atomic E-state index is -0.573. The van der Waals surface area contributed by atoms with E-state index in [-0.39, 0.29) is 76.3 Å². The number of ether oxygens (including phenoxy) is 2. The summed E-state index contributed by atoms with van der Waals surface area (Å²) in [7, 11) is 1.46. The van der Waals surface area contributed by atoms with Crippen LogP contribution in [0.3, 0.4) is 0 Å². The quantitative estimate of drug-likeness (QED) is 0.489. The van der Waals surface area contributed by atoms with E-state index in [9.17, 15) is 14.4 Å². The Hall–Kier alpha value is -1.53. The minimum Gasteiger partial charge on any atom is -0.469 e. The highest BCUT2D eigenvalue weighted by Gasteiger charge is 2.74. The van der Waals surface area contributed by atoms with Gasteiger partial charge < -0.3 is 9.47 Å². The van der Waals surface area contributed by atoms with Crippen molar-refractivity contribution in [2.45, 2.75) is 104 Å². The van der Waals surface area contributed by atoms with Gasteiger partial charge in [-0.25, -0.2) is 0 Å². The monoisotopic (exact) mass is 511 g/mol. The Balaban J connectivity index is 1.53. The zero-order valence-electron chi connectivity index (χ0n) is 23.8. The fourth-order valence-corrected chi connectivity index (χ4v) is 10.9. The molecular formula is C31H45NO5. The van der Waals surface area contributed by atoms with Crippen molar-refractivity contribution in [3.05, 3.63) is 11.6 Å². The van der Waals surface area contributed by atoms with Gasteiger partial charge in [-0.1, -0.05) is 40.2 Å². The van der Waals surface area contributed by atoms with E-state index in [1.54, 1.807) is 6.08 Å². The summed E-state index contributed by atoms with van der Waals surface area (Å²) in [6, 6.07) is 0.190. The van der Waals surface area contributed by atoms with Crippen molar-refractivity contribution in [2.24, 2.45) is 45.8 Å². The standard InChI is InChI=1S/C31H45NO5/c1-17-11-21-25(22(33)12-17)19(3)26(35)27-28(21,4)14-23-29(5,30(27,6)15-24(34)36-7)8-9-31-13-18(2)10-20(37-31)16-32(23)31/h12,18-21,23,25,27H,8-11,13-16H2,1-7H3/t18-,19+,20+,21+,23+,25-,27-,28-,29+,30-,31-/m0/s1. The van der Waals surface area contributed by atoms with Crippen LogP contribution in [0.1, 0.15) is 86.5 Å². The van der Waals surface area contributed by atoms with Crippen LogP contribution in [0.4, 0.5) is 0 Å². The summed E-state index contributed by atoms with van der Waals surface area (Å²) in [6.07, 6.45) is 8.01. The number of hydrogen-bond donors (Lipinski definition) is 0. The van der Waals surface area contributed by atoms with Crippen molar-refractivity contribution in [3.8, 4) is 0 Å². The first-order valence-electron chi connectivity index (χ1n) is 14.6. The number of allylic oxidation sites excluding steroid dienone is 2. The summed E-state index contributed by atoms with van der Waals surface area (Å²) in [6.45, 7) is 14.1. The maximum Gasteiger partial charge on any atom is 0.306 e. The van der Waals surface area contributed by atoms with Crippen molar-refractivity contribution in [1.29, 1.82) is 0 Å². The van der Waals surface area contributed by atoms with Gasteiger partial charge in [0.05, 0.1) is 19.6 Å². The number of carbonyl (C=O) groups is 3. The molecule has 2 saturated carbocycles. The number of hydrogen-bond acceptors (Lipinski definition) is 6. The molecule has 0 amide bonds. The molecule has 6 aliphatic rings. The summed E-state index contributed by atoms with van der Waals surface area (Å²) < 4.78 is 12.1. The van der Waals surface area contributed by atoms with E-state index >= 15 is 0 Å². The predicted octanol–water partition coefficient (Wildman–Crippen LogP) is 4.95. The molecule has 0 radical (unpaired) electrons. The lowest BCUT2D eigenvalue weighted by Gasteiger charge is -2.72. The van der Waals surface area contributed by atoms with Gasteiger partial charge >= 0.3 is 5.97 Å². The molecule has 6 nitrogen and oxygen atoms in total. The van der Waals surface area contributed by atoms with E-state index in [1.807, 2.05) is 6.92 Å². The molecule has 0 aromatic carbocycles. The van der Waals surface area contributed by atoms with Gasteiger partial charge in [-0.05, 0) is 79.6 Å². The van der Waals surface area contributed by atoms with Crippen LogP contribution in [0, 0.1) is 45.8 Å². The highest BCUT2D eigenvalue weighted by molar-refractivity contribution is 5.99. The van der Waals surface area contributed by atoms with Gasteiger partial charge in [0.2, 0.25) is 0 Å². The van der Waals surface area contributed by atoms with Crippen molar-refractivity contribution >= 4 is 17.5 Å². The molecule has 204 valence electrons. The lowest BCUT2D eigenvalue weighted by Crippen LogP contribution is -2.74. The third-order valence-corrected chi connectivity index (χ3v) is 12.6. The number of esters is 1. The molecule has 1 spiro atoms. The molecule has 2 bridgehead atoms. The molecule has 3 aliphatic heterocycles. The second-order valence-corrected chi connectivity index (χ2v) is 14.6. The molecule has 6 rings (SSSR count). The molecule has 6 heteroatoms. The van der Waals surface area contributed by atoms with Crippen molar-refractivity contribution in [2.75, 3.05) is 13.7 Å². The van der Waals surface area contributed by atoms with E-state index in [0.717, 1.165) is 50.6 Å².